The Balaban J connectivity index is 2.85. The molecule has 0 bridgehead atoms. The molecule has 0 unspecified atom stereocenters. The first-order chi connectivity index (χ1) is 9.50. The number of ether oxygens (including phenoxy) is 1. The van der Waals surface area contributed by atoms with Crippen molar-refractivity contribution in [1.82, 2.24) is 4.98 Å². The largest absolute Gasteiger partial charge is 0.477 e. The predicted octanol–water partition coefficient (Wildman–Crippen LogP) is 3.52. The van der Waals surface area contributed by atoms with E-state index in [4.69, 9.17) is 5.11 Å². The topological polar surface area (TPSA) is 59.4 Å². The Labute approximate surface area is 114 Å². The first-order valence-electron chi connectivity index (χ1n) is 5.52. The lowest BCUT2D eigenvalue weighted by Gasteiger charge is -2.12. The lowest BCUT2D eigenvalue weighted by atomic mass is 10.2. The summed E-state index contributed by atoms with van der Waals surface area (Å²) in [4.78, 5) is 13.8. The number of pyridine rings is 1. The molecule has 4 nitrogen and oxygen atoms in total. The number of alkyl halides is 6. The summed E-state index contributed by atoms with van der Waals surface area (Å²) in [5.74, 6) is -2.46. The van der Waals surface area contributed by atoms with Gasteiger partial charge in [0.1, 0.15) is 11.3 Å². The monoisotopic (exact) mass is 317 g/mol. The fourth-order valence-corrected chi connectivity index (χ4v) is 1.31. The zero-order chi connectivity index (χ0) is 16.3. The minimum atomic E-state index is -4.82. The van der Waals surface area contributed by atoms with Crippen LogP contribution in [-0.4, -0.2) is 28.8 Å². The van der Waals surface area contributed by atoms with E-state index in [-0.39, 0.29) is 0 Å². The Morgan fingerprint density at radius 2 is 1.81 bits per heavy atom. The highest BCUT2D eigenvalue weighted by molar-refractivity contribution is 5.90. The van der Waals surface area contributed by atoms with Crippen LogP contribution < -0.4 is 4.74 Å². The second-order valence-corrected chi connectivity index (χ2v) is 3.92. The van der Waals surface area contributed by atoms with Crippen LogP contribution in [0.1, 0.15) is 28.9 Å². The van der Waals surface area contributed by atoms with E-state index in [1.807, 2.05) is 0 Å². The van der Waals surface area contributed by atoms with E-state index in [2.05, 4.69) is 9.72 Å². The number of carboxylic acids is 1. The summed E-state index contributed by atoms with van der Waals surface area (Å²) in [5, 5.41) is 8.76. The fourth-order valence-electron chi connectivity index (χ4n) is 1.31. The van der Waals surface area contributed by atoms with Crippen LogP contribution in [0.25, 0.3) is 0 Å². The second kappa shape index (κ2) is 6.19. The number of rotatable bonds is 5. The Morgan fingerprint density at radius 1 is 1.19 bits per heavy atom. The van der Waals surface area contributed by atoms with E-state index in [9.17, 15) is 31.1 Å². The summed E-state index contributed by atoms with van der Waals surface area (Å²) in [6.07, 6.45) is -11.0. The van der Waals surface area contributed by atoms with Crippen LogP contribution in [0.2, 0.25) is 0 Å². The SMILES string of the molecule is O=C(O)c1ccc(C(F)(F)F)nc1OCCCC(F)(F)F. The fraction of sp³-hybridized carbons (Fsp3) is 0.455. The van der Waals surface area contributed by atoms with Crippen LogP contribution in [0.3, 0.4) is 0 Å². The van der Waals surface area contributed by atoms with Gasteiger partial charge in [-0.25, -0.2) is 9.78 Å². The van der Waals surface area contributed by atoms with Gasteiger partial charge >= 0.3 is 18.3 Å². The van der Waals surface area contributed by atoms with Crippen molar-refractivity contribution in [1.29, 1.82) is 0 Å². The van der Waals surface area contributed by atoms with E-state index in [1.165, 1.54) is 0 Å². The van der Waals surface area contributed by atoms with E-state index in [1.54, 1.807) is 0 Å². The number of carboxylic acid groups (broad SMARTS) is 1. The van der Waals surface area contributed by atoms with E-state index >= 15 is 0 Å². The van der Waals surface area contributed by atoms with Crippen molar-refractivity contribution in [2.75, 3.05) is 6.61 Å². The van der Waals surface area contributed by atoms with Crippen molar-refractivity contribution in [2.45, 2.75) is 25.2 Å². The molecule has 0 radical (unpaired) electrons. The molecule has 1 rings (SSSR count). The number of halogens is 6. The van der Waals surface area contributed by atoms with Crippen LogP contribution in [-0.2, 0) is 6.18 Å². The Kier molecular flexibility index (Phi) is 5.02. The highest BCUT2D eigenvalue weighted by Gasteiger charge is 2.34. The van der Waals surface area contributed by atoms with Gasteiger partial charge in [0, 0.05) is 6.42 Å². The van der Waals surface area contributed by atoms with Crippen molar-refractivity contribution in [2.24, 2.45) is 0 Å². The molecule has 118 valence electrons. The third-order valence-electron chi connectivity index (χ3n) is 2.22. The van der Waals surface area contributed by atoms with Gasteiger partial charge in [0.25, 0.3) is 0 Å². The smallest absolute Gasteiger partial charge is 0.433 e. The van der Waals surface area contributed by atoms with Crippen molar-refractivity contribution < 1.29 is 41.0 Å². The molecular formula is C11H9F6NO3. The van der Waals surface area contributed by atoms with Gasteiger partial charge in [-0.15, -0.1) is 0 Å². The highest BCUT2D eigenvalue weighted by atomic mass is 19.4. The van der Waals surface area contributed by atoms with Crippen LogP contribution in [0.5, 0.6) is 5.88 Å². The molecule has 1 heterocycles. The number of aromatic nitrogens is 1. The molecule has 10 heteroatoms. The maximum Gasteiger partial charge on any atom is 0.433 e. The number of carbonyl (C=O) groups is 1. The van der Waals surface area contributed by atoms with Gasteiger partial charge in [-0.05, 0) is 18.6 Å². The van der Waals surface area contributed by atoms with Gasteiger partial charge in [-0.1, -0.05) is 0 Å². The molecule has 0 aliphatic heterocycles. The summed E-state index contributed by atoms with van der Waals surface area (Å²) >= 11 is 0. The molecule has 0 saturated carbocycles. The number of aromatic carboxylic acids is 1. The summed E-state index contributed by atoms with van der Waals surface area (Å²) in [5.41, 5.74) is -2.05. The van der Waals surface area contributed by atoms with Gasteiger partial charge in [0.05, 0.1) is 6.61 Å². The number of hydrogen-bond acceptors (Lipinski definition) is 3. The number of nitrogens with zero attached hydrogens (tertiary/aromatic N) is 1. The van der Waals surface area contributed by atoms with Crippen LogP contribution in [0.15, 0.2) is 12.1 Å². The van der Waals surface area contributed by atoms with Crippen LogP contribution in [0.4, 0.5) is 26.3 Å². The van der Waals surface area contributed by atoms with Crippen LogP contribution in [0, 0.1) is 0 Å². The molecule has 1 aromatic heterocycles. The first-order valence-corrected chi connectivity index (χ1v) is 5.52. The third kappa shape index (κ3) is 5.48. The van der Waals surface area contributed by atoms with Gasteiger partial charge in [-0.2, -0.15) is 26.3 Å². The van der Waals surface area contributed by atoms with Crippen molar-refractivity contribution in [3.8, 4) is 5.88 Å². The molecule has 1 aromatic rings. The summed E-state index contributed by atoms with van der Waals surface area (Å²) in [6.45, 7) is -0.603. The summed E-state index contributed by atoms with van der Waals surface area (Å²) in [7, 11) is 0. The molecule has 1 N–H and O–H groups in total. The van der Waals surface area contributed by atoms with E-state index < -0.39 is 54.9 Å². The van der Waals surface area contributed by atoms with Crippen molar-refractivity contribution >= 4 is 5.97 Å². The maximum absolute atomic E-state index is 12.4. The van der Waals surface area contributed by atoms with Gasteiger partial charge in [0.15, 0.2) is 0 Å². The predicted molar refractivity (Wildman–Crippen MR) is 57.0 cm³/mol. The maximum atomic E-state index is 12.4. The molecule has 0 aliphatic carbocycles. The van der Waals surface area contributed by atoms with Crippen molar-refractivity contribution in [3.63, 3.8) is 0 Å². The van der Waals surface area contributed by atoms with Gasteiger partial charge < -0.3 is 9.84 Å². The molecule has 0 saturated heterocycles. The molecule has 0 fully saturated rings. The van der Waals surface area contributed by atoms with Crippen LogP contribution >= 0.6 is 0 Å². The molecule has 0 spiro atoms. The van der Waals surface area contributed by atoms with Gasteiger partial charge in [-0.3, -0.25) is 0 Å². The van der Waals surface area contributed by atoms with Gasteiger partial charge in [0.2, 0.25) is 5.88 Å². The molecule has 21 heavy (non-hydrogen) atoms. The van der Waals surface area contributed by atoms with Crippen molar-refractivity contribution in [3.05, 3.63) is 23.4 Å². The molecule has 0 atom stereocenters. The minimum Gasteiger partial charge on any atom is -0.477 e. The molecule has 0 amide bonds. The average molecular weight is 317 g/mol. The standard InChI is InChI=1S/C11H9F6NO3/c12-10(13,14)4-1-5-21-8-6(9(19)20)2-3-7(18-8)11(15,16)17/h2-3H,1,4-5H2,(H,19,20). The Bertz CT molecular complexity index is 512. The summed E-state index contributed by atoms with van der Waals surface area (Å²) < 4.78 is 77.6. The minimum absolute atomic E-state index is 0.450. The van der Waals surface area contributed by atoms with E-state index in [0.717, 1.165) is 0 Å². The van der Waals surface area contributed by atoms with E-state index in [0.29, 0.717) is 12.1 Å². The summed E-state index contributed by atoms with van der Waals surface area (Å²) in [6, 6.07) is 1.09. The lowest BCUT2D eigenvalue weighted by Crippen LogP contribution is -2.14. The lowest BCUT2D eigenvalue weighted by molar-refractivity contribution is -0.141. The first kappa shape index (κ1) is 17.1. The molecule has 0 aliphatic rings. The zero-order valence-electron chi connectivity index (χ0n) is 10.3. The normalized spacial score (nSPS) is 12.3. The average Bonchev–Trinajstić information content (AvgIpc) is 2.32. The molecule has 0 aromatic carbocycles. The quantitative estimate of drug-likeness (QED) is 0.667. The second-order valence-electron chi connectivity index (χ2n) is 3.92. The third-order valence-corrected chi connectivity index (χ3v) is 2.22. The number of hydrogen-bond donors (Lipinski definition) is 1. The zero-order valence-corrected chi connectivity index (χ0v) is 10.3. The Hall–Kier alpha value is -2.00. The molecular weight excluding hydrogens is 308 g/mol. The highest BCUT2D eigenvalue weighted by Crippen LogP contribution is 2.30. The Morgan fingerprint density at radius 3 is 2.29 bits per heavy atom.